The lowest BCUT2D eigenvalue weighted by molar-refractivity contribution is 0.0526. The lowest BCUT2D eigenvalue weighted by atomic mass is 9.88. The maximum atomic E-state index is 12.7. The molecule has 1 N–H and O–H groups in total. The topological polar surface area (TPSA) is 64.6 Å². The van der Waals surface area contributed by atoms with Crippen molar-refractivity contribution in [1.82, 2.24) is 0 Å². The number of nitrogens with one attached hydrogen (secondary N) is 1. The Hall–Kier alpha value is -2.34. The van der Waals surface area contributed by atoms with Crippen molar-refractivity contribution in [2.24, 2.45) is 5.92 Å². The fourth-order valence-corrected chi connectivity index (χ4v) is 4.59. The molecule has 5 nitrogen and oxygen atoms in total. The van der Waals surface area contributed by atoms with Gasteiger partial charge in [0.2, 0.25) is 0 Å². The fraction of sp³-hybridized carbons (Fsp3) is 0.400. The van der Waals surface area contributed by atoms with Crippen LogP contribution in [0.3, 0.4) is 0 Å². The molecule has 0 radical (unpaired) electrons. The van der Waals surface area contributed by atoms with Crippen molar-refractivity contribution >= 4 is 28.2 Å². The van der Waals surface area contributed by atoms with Crippen molar-refractivity contribution in [2.45, 2.75) is 33.1 Å². The molecule has 0 spiro atoms. The van der Waals surface area contributed by atoms with Crippen LogP contribution in [0.25, 0.3) is 0 Å². The average molecular weight is 373 g/mol. The fourth-order valence-electron chi connectivity index (χ4n) is 3.20. The van der Waals surface area contributed by atoms with E-state index in [4.69, 9.17) is 9.47 Å². The van der Waals surface area contributed by atoms with Gasteiger partial charge in [-0.05, 0) is 55.9 Å². The molecule has 1 aromatic carbocycles. The van der Waals surface area contributed by atoms with Crippen molar-refractivity contribution in [3.05, 3.63) is 45.8 Å². The Bertz CT molecular complexity index is 827. The lowest BCUT2D eigenvalue weighted by Gasteiger charge is -2.18. The molecular weight excluding hydrogens is 350 g/mol. The van der Waals surface area contributed by atoms with Crippen molar-refractivity contribution in [3.8, 4) is 5.75 Å². The van der Waals surface area contributed by atoms with Gasteiger partial charge < -0.3 is 14.8 Å². The number of benzene rings is 1. The van der Waals surface area contributed by atoms with Crippen LogP contribution < -0.4 is 10.1 Å². The Morgan fingerprint density at radius 2 is 2.15 bits per heavy atom. The summed E-state index contributed by atoms with van der Waals surface area (Å²) in [4.78, 5) is 26.4. The molecule has 1 aromatic heterocycles. The number of hydrogen-bond donors (Lipinski definition) is 1. The first-order chi connectivity index (χ1) is 12.5. The summed E-state index contributed by atoms with van der Waals surface area (Å²) in [6, 6.07) is 6.94. The zero-order valence-electron chi connectivity index (χ0n) is 15.3. The molecule has 138 valence electrons. The average Bonchev–Trinajstić information content (AvgIpc) is 2.98. The highest BCUT2D eigenvalue weighted by Gasteiger charge is 2.29. The Labute approximate surface area is 157 Å². The first kappa shape index (κ1) is 18.5. The van der Waals surface area contributed by atoms with Crippen LogP contribution in [0, 0.1) is 5.92 Å². The van der Waals surface area contributed by atoms with E-state index >= 15 is 0 Å². The van der Waals surface area contributed by atoms with Gasteiger partial charge in [-0.3, -0.25) is 4.79 Å². The molecule has 1 atom stereocenters. The first-order valence-corrected chi connectivity index (χ1v) is 9.62. The summed E-state index contributed by atoms with van der Waals surface area (Å²) in [6.07, 6.45) is 2.82. The van der Waals surface area contributed by atoms with Crippen LogP contribution in [-0.4, -0.2) is 25.6 Å². The van der Waals surface area contributed by atoms with Gasteiger partial charge in [-0.1, -0.05) is 13.0 Å². The van der Waals surface area contributed by atoms with Crippen molar-refractivity contribution in [1.29, 1.82) is 0 Å². The summed E-state index contributed by atoms with van der Waals surface area (Å²) in [5.74, 6) is 0.572. The van der Waals surface area contributed by atoms with Crippen LogP contribution in [0.2, 0.25) is 0 Å². The molecule has 3 rings (SSSR count). The molecule has 1 aliphatic rings. The van der Waals surface area contributed by atoms with Gasteiger partial charge >= 0.3 is 5.97 Å². The van der Waals surface area contributed by atoms with Crippen molar-refractivity contribution in [2.75, 3.05) is 19.0 Å². The van der Waals surface area contributed by atoms with Crippen LogP contribution in [0.15, 0.2) is 24.3 Å². The molecule has 2 aromatic rings. The van der Waals surface area contributed by atoms with Gasteiger partial charge in [0.15, 0.2) is 0 Å². The van der Waals surface area contributed by atoms with Crippen LogP contribution in [0.4, 0.5) is 5.00 Å². The van der Waals surface area contributed by atoms with E-state index < -0.39 is 0 Å². The minimum atomic E-state index is -0.361. The second-order valence-electron chi connectivity index (χ2n) is 6.46. The number of thiophene rings is 1. The van der Waals surface area contributed by atoms with Gasteiger partial charge in [0, 0.05) is 10.4 Å². The molecule has 0 saturated carbocycles. The lowest BCUT2D eigenvalue weighted by Crippen LogP contribution is -2.16. The minimum Gasteiger partial charge on any atom is -0.497 e. The number of hydrogen-bond acceptors (Lipinski definition) is 5. The van der Waals surface area contributed by atoms with E-state index in [1.165, 1.54) is 16.2 Å². The number of esters is 1. The number of carbonyl (C=O) groups is 2. The Morgan fingerprint density at radius 1 is 1.35 bits per heavy atom. The maximum Gasteiger partial charge on any atom is 0.341 e. The summed E-state index contributed by atoms with van der Waals surface area (Å²) < 4.78 is 10.4. The summed E-state index contributed by atoms with van der Waals surface area (Å²) in [5, 5.41) is 3.49. The van der Waals surface area contributed by atoms with Gasteiger partial charge in [0.1, 0.15) is 10.8 Å². The van der Waals surface area contributed by atoms with E-state index in [1.807, 2.05) is 0 Å². The minimum absolute atomic E-state index is 0.263. The second kappa shape index (κ2) is 7.91. The molecule has 26 heavy (non-hydrogen) atoms. The van der Waals surface area contributed by atoms with Crippen LogP contribution in [0.5, 0.6) is 5.75 Å². The number of ether oxygens (including phenoxy) is 2. The van der Waals surface area contributed by atoms with Crippen molar-refractivity contribution < 1.29 is 19.1 Å². The third-order valence-corrected chi connectivity index (χ3v) is 5.72. The van der Waals surface area contributed by atoms with E-state index in [-0.39, 0.29) is 11.9 Å². The van der Waals surface area contributed by atoms with E-state index in [1.54, 1.807) is 38.3 Å². The highest BCUT2D eigenvalue weighted by Crippen LogP contribution is 2.40. The number of amides is 1. The Balaban J connectivity index is 1.93. The Kier molecular flexibility index (Phi) is 5.61. The van der Waals surface area contributed by atoms with Crippen LogP contribution in [0.1, 0.15) is 51.4 Å². The summed E-state index contributed by atoms with van der Waals surface area (Å²) in [5.41, 5.74) is 2.04. The molecule has 0 fully saturated rings. The molecule has 0 bridgehead atoms. The largest absolute Gasteiger partial charge is 0.497 e. The van der Waals surface area contributed by atoms with E-state index in [9.17, 15) is 9.59 Å². The number of carbonyl (C=O) groups excluding carboxylic acids is 2. The van der Waals surface area contributed by atoms with Crippen molar-refractivity contribution in [3.63, 3.8) is 0 Å². The summed E-state index contributed by atoms with van der Waals surface area (Å²) in [6.45, 7) is 4.30. The van der Waals surface area contributed by atoms with Crippen LogP contribution in [-0.2, 0) is 17.6 Å². The molecule has 1 unspecified atom stereocenters. The molecule has 1 aliphatic carbocycles. The predicted octanol–water partition coefficient (Wildman–Crippen LogP) is 4.31. The van der Waals surface area contributed by atoms with E-state index in [0.29, 0.717) is 34.4 Å². The normalized spacial score (nSPS) is 15.9. The molecule has 1 amide bonds. The van der Waals surface area contributed by atoms with E-state index in [0.717, 1.165) is 24.8 Å². The highest BCUT2D eigenvalue weighted by atomic mass is 32.1. The van der Waals surface area contributed by atoms with Gasteiger partial charge in [-0.15, -0.1) is 11.3 Å². The Morgan fingerprint density at radius 3 is 2.88 bits per heavy atom. The zero-order chi connectivity index (χ0) is 18.7. The van der Waals surface area contributed by atoms with Gasteiger partial charge in [-0.25, -0.2) is 4.79 Å². The predicted molar refractivity (Wildman–Crippen MR) is 102 cm³/mol. The third-order valence-electron chi connectivity index (χ3n) is 4.55. The van der Waals surface area contributed by atoms with Gasteiger partial charge in [0.25, 0.3) is 5.91 Å². The summed E-state index contributed by atoms with van der Waals surface area (Å²) >= 11 is 1.49. The highest BCUT2D eigenvalue weighted by molar-refractivity contribution is 7.17. The zero-order valence-corrected chi connectivity index (χ0v) is 16.1. The SMILES string of the molecule is CCOC(=O)c1c(NC(=O)c2cccc(OC)c2)sc2c1CCC(C)C2. The molecule has 0 saturated heterocycles. The van der Waals surface area contributed by atoms with E-state index in [2.05, 4.69) is 12.2 Å². The van der Waals surface area contributed by atoms with Gasteiger partial charge in [0.05, 0.1) is 19.3 Å². The quantitative estimate of drug-likeness (QED) is 0.793. The molecular formula is C20H23NO4S. The maximum absolute atomic E-state index is 12.7. The standard InChI is InChI=1S/C20H23NO4S/c1-4-25-20(23)17-15-9-8-12(2)10-16(15)26-19(17)21-18(22)13-6-5-7-14(11-13)24-3/h5-7,11-12H,4,8-10H2,1-3H3,(H,21,22). The molecule has 1 heterocycles. The van der Waals surface area contributed by atoms with Crippen LogP contribution >= 0.6 is 11.3 Å². The van der Waals surface area contributed by atoms with Gasteiger partial charge in [-0.2, -0.15) is 0 Å². The molecule has 6 heteroatoms. The first-order valence-electron chi connectivity index (χ1n) is 8.80. The number of fused-ring (bicyclic) bond motifs is 1. The monoisotopic (exact) mass is 373 g/mol. The molecule has 0 aliphatic heterocycles. The second-order valence-corrected chi connectivity index (χ2v) is 7.57. The number of rotatable bonds is 5. The summed E-state index contributed by atoms with van der Waals surface area (Å²) in [7, 11) is 1.56. The third kappa shape index (κ3) is 3.75. The number of anilines is 1. The number of methoxy groups -OCH3 is 1. The smallest absolute Gasteiger partial charge is 0.341 e.